The van der Waals surface area contributed by atoms with Crippen molar-refractivity contribution < 1.29 is 9.53 Å². The number of carbonyl (C=O) groups is 1. The average molecular weight is 419 g/mol. The predicted molar refractivity (Wildman–Crippen MR) is 115 cm³/mol. The number of halogens is 2. The van der Waals surface area contributed by atoms with E-state index in [1.54, 1.807) is 12.1 Å². The fourth-order valence-electron chi connectivity index (χ4n) is 3.28. The minimum atomic E-state index is 0.0219. The highest BCUT2D eigenvalue weighted by Gasteiger charge is 2.25. The van der Waals surface area contributed by atoms with Crippen molar-refractivity contribution in [2.24, 2.45) is 5.92 Å². The van der Waals surface area contributed by atoms with Gasteiger partial charge in [0.1, 0.15) is 12.4 Å². The third kappa shape index (κ3) is 5.74. The summed E-state index contributed by atoms with van der Waals surface area (Å²) in [6.07, 6.45) is 3.36. The van der Waals surface area contributed by atoms with E-state index >= 15 is 0 Å². The minimum absolute atomic E-state index is 0.0219. The fraction of sp³-hybridized carbons (Fsp3) is 0.318. The number of hydrogen-bond donors (Lipinski definition) is 1. The number of benzene rings is 2. The molecule has 1 N–H and O–H groups in total. The van der Waals surface area contributed by atoms with Crippen LogP contribution in [0.5, 0.6) is 5.75 Å². The summed E-state index contributed by atoms with van der Waals surface area (Å²) in [7, 11) is 0. The van der Waals surface area contributed by atoms with Gasteiger partial charge >= 0.3 is 0 Å². The van der Waals surface area contributed by atoms with Crippen molar-refractivity contribution in [3.8, 4) is 5.75 Å². The van der Waals surface area contributed by atoms with Crippen molar-refractivity contribution in [2.45, 2.75) is 19.4 Å². The molecule has 0 radical (unpaired) electrons. The van der Waals surface area contributed by atoms with E-state index in [0.717, 1.165) is 49.5 Å². The lowest BCUT2D eigenvalue weighted by atomic mass is 9.95. The Labute approximate surface area is 176 Å². The Morgan fingerprint density at radius 3 is 2.54 bits per heavy atom. The summed E-state index contributed by atoms with van der Waals surface area (Å²) in [6.45, 7) is 6.59. The van der Waals surface area contributed by atoms with E-state index in [1.807, 2.05) is 36.4 Å². The molecule has 0 unspecified atom stereocenters. The SMILES string of the molecule is C=CCOc1ccc(NC(=O)C2CCN(Cc3ccc(Cl)cc3Cl)CC2)cc1. The number of carbonyl (C=O) groups excluding carboxylic acids is 1. The molecule has 1 aliphatic rings. The third-order valence-electron chi connectivity index (χ3n) is 4.86. The first-order chi connectivity index (χ1) is 13.5. The van der Waals surface area contributed by atoms with Crippen LogP contribution in [0.4, 0.5) is 5.69 Å². The van der Waals surface area contributed by atoms with Crippen molar-refractivity contribution in [3.05, 3.63) is 70.7 Å². The van der Waals surface area contributed by atoms with Crippen LogP contribution < -0.4 is 10.1 Å². The van der Waals surface area contributed by atoms with Crippen LogP contribution in [0.1, 0.15) is 18.4 Å². The first-order valence-electron chi connectivity index (χ1n) is 9.36. The van der Waals surface area contributed by atoms with Gasteiger partial charge in [0.25, 0.3) is 0 Å². The molecule has 6 heteroatoms. The van der Waals surface area contributed by atoms with E-state index in [2.05, 4.69) is 16.8 Å². The molecule has 1 amide bonds. The summed E-state index contributed by atoms with van der Waals surface area (Å²) >= 11 is 12.2. The Morgan fingerprint density at radius 1 is 1.18 bits per heavy atom. The summed E-state index contributed by atoms with van der Waals surface area (Å²) in [5.74, 6) is 0.852. The van der Waals surface area contributed by atoms with E-state index in [0.29, 0.717) is 16.7 Å². The molecule has 0 aromatic heterocycles. The zero-order chi connectivity index (χ0) is 19.9. The minimum Gasteiger partial charge on any atom is -0.490 e. The largest absolute Gasteiger partial charge is 0.490 e. The zero-order valence-corrected chi connectivity index (χ0v) is 17.2. The molecule has 3 rings (SSSR count). The maximum Gasteiger partial charge on any atom is 0.227 e. The molecule has 1 fully saturated rings. The molecule has 0 bridgehead atoms. The first-order valence-corrected chi connectivity index (χ1v) is 10.1. The van der Waals surface area contributed by atoms with Crippen LogP contribution in [0, 0.1) is 5.92 Å². The Balaban J connectivity index is 1.47. The normalized spacial score (nSPS) is 15.2. The zero-order valence-electron chi connectivity index (χ0n) is 15.7. The molecule has 148 valence electrons. The van der Waals surface area contributed by atoms with Gasteiger partial charge in [0.15, 0.2) is 0 Å². The lowest BCUT2D eigenvalue weighted by molar-refractivity contribution is -0.121. The van der Waals surface area contributed by atoms with Gasteiger partial charge in [0.2, 0.25) is 5.91 Å². The Morgan fingerprint density at radius 2 is 1.89 bits per heavy atom. The molecular formula is C22H24Cl2N2O2. The van der Waals surface area contributed by atoms with Crippen molar-refractivity contribution in [2.75, 3.05) is 25.0 Å². The second-order valence-electron chi connectivity index (χ2n) is 6.90. The number of nitrogens with one attached hydrogen (secondary N) is 1. The van der Waals surface area contributed by atoms with Gasteiger partial charge in [-0.2, -0.15) is 0 Å². The number of anilines is 1. The lowest BCUT2D eigenvalue weighted by Crippen LogP contribution is -2.37. The molecule has 4 nitrogen and oxygen atoms in total. The number of piperidine rings is 1. The molecule has 28 heavy (non-hydrogen) atoms. The van der Waals surface area contributed by atoms with Crippen LogP contribution in [-0.4, -0.2) is 30.5 Å². The van der Waals surface area contributed by atoms with E-state index < -0.39 is 0 Å². The third-order valence-corrected chi connectivity index (χ3v) is 5.44. The topological polar surface area (TPSA) is 41.6 Å². The van der Waals surface area contributed by atoms with Crippen LogP contribution in [-0.2, 0) is 11.3 Å². The molecule has 2 aromatic rings. The highest BCUT2D eigenvalue weighted by atomic mass is 35.5. The summed E-state index contributed by atoms with van der Waals surface area (Å²) in [6, 6.07) is 13.0. The van der Waals surface area contributed by atoms with Gasteiger partial charge in [0, 0.05) is 28.2 Å². The van der Waals surface area contributed by atoms with Gasteiger partial charge in [-0.15, -0.1) is 0 Å². The number of amides is 1. The maximum absolute atomic E-state index is 12.6. The number of likely N-dealkylation sites (tertiary alicyclic amines) is 1. The van der Waals surface area contributed by atoms with Gasteiger partial charge in [-0.3, -0.25) is 9.69 Å². The quantitative estimate of drug-likeness (QED) is 0.611. The van der Waals surface area contributed by atoms with E-state index in [-0.39, 0.29) is 11.8 Å². The Hall–Kier alpha value is -2.01. The summed E-state index contributed by atoms with van der Waals surface area (Å²) in [5.41, 5.74) is 1.85. The van der Waals surface area contributed by atoms with Gasteiger partial charge in [-0.1, -0.05) is 41.9 Å². The van der Waals surface area contributed by atoms with Crippen LogP contribution in [0.25, 0.3) is 0 Å². The highest BCUT2D eigenvalue weighted by Crippen LogP contribution is 2.26. The molecule has 0 atom stereocenters. The van der Waals surface area contributed by atoms with Gasteiger partial charge in [0.05, 0.1) is 0 Å². The van der Waals surface area contributed by atoms with E-state index in [1.165, 1.54) is 0 Å². The smallest absolute Gasteiger partial charge is 0.227 e. The number of nitrogens with zero attached hydrogens (tertiary/aromatic N) is 1. The molecule has 0 saturated carbocycles. The standard InChI is InChI=1S/C22H24Cl2N2O2/c1-2-13-28-20-7-5-19(6-8-20)25-22(27)16-9-11-26(12-10-16)15-17-3-4-18(23)14-21(17)24/h2-8,14,16H,1,9-13,15H2,(H,25,27). The van der Waals surface area contributed by atoms with Crippen molar-refractivity contribution >= 4 is 34.8 Å². The van der Waals surface area contributed by atoms with Gasteiger partial charge in [-0.25, -0.2) is 0 Å². The van der Waals surface area contributed by atoms with Crippen molar-refractivity contribution in [3.63, 3.8) is 0 Å². The second-order valence-corrected chi connectivity index (χ2v) is 7.74. The van der Waals surface area contributed by atoms with Crippen LogP contribution in [0.3, 0.4) is 0 Å². The highest BCUT2D eigenvalue weighted by molar-refractivity contribution is 6.35. The Kier molecular flexibility index (Phi) is 7.37. The van der Waals surface area contributed by atoms with Crippen molar-refractivity contribution in [1.29, 1.82) is 0 Å². The maximum atomic E-state index is 12.6. The summed E-state index contributed by atoms with van der Waals surface area (Å²) in [4.78, 5) is 14.9. The molecule has 0 spiro atoms. The van der Waals surface area contributed by atoms with E-state index in [4.69, 9.17) is 27.9 Å². The molecule has 0 aliphatic carbocycles. The van der Waals surface area contributed by atoms with Gasteiger partial charge < -0.3 is 10.1 Å². The van der Waals surface area contributed by atoms with Crippen molar-refractivity contribution in [1.82, 2.24) is 4.90 Å². The Bertz CT molecular complexity index is 816. The lowest BCUT2D eigenvalue weighted by Gasteiger charge is -2.31. The number of rotatable bonds is 7. The van der Waals surface area contributed by atoms with Crippen LogP contribution >= 0.6 is 23.2 Å². The molecular weight excluding hydrogens is 395 g/mol. The summed E-state index contributed by atoms with van der Waals surface area (Å²) < 4.78 is 5.45. The second kappa shape index (κ2) is 9.97. The molecule has 1 heterocycles. The molecule has 2 aromatic carbocycles. The summed E-state index contributed by atoms with van der Waals surface area (Å²) in [5, 5.41) is 4.34. The van der Waals surface area contributed by atoms with E-state index in [9.17, 15) is 4.79 Å². The number of hydrogen-bond acceptors (Lipinski definition) is 3. The predicted octanol–water partition coefficient (Wildman–Crippen LogP) is 5.41. The van der Waals surface area contributed by atoms with Crippen LogP contribution in [0.15, 0.2) is 55.1 Å². The molecule has 1 aliphatic heterocycles. The van der Waals surface area contributed by atoms with Gasteiger partial charge in [-0.05, 0) is 67.9 Å². The monoisotopic (exact) mass is 418 g/mol. The number of ether oxygens (including phenoxy) is 1. The fourth-order valence-corrected chi connectivity index (χ4v) is 3.75. The molecule has 1 saturated heterocycles. The average Bonchev–Trinajstić information content (AvgIpc) is 2.70. The van der Waals surface area contributed by atoms with Crippen LogP contribution in [0.2, 0.25) is 10.0 Å². The first kappa shape index (κ1) is 20.7.